The molecular formula is C13H12F2N2S. The monoisotopic (exact) mass is 266 g/mol. The van der Waals surface area contributed by atoms with Crippen molar-refractivity contribution >= 4 is 11.8 Å². The molecule has 0 saturated carbocycles. The molecule has 0 bridgehead atoms. The minimum absolute atomic E-state index is 0.121. The van der Waals surface area contributed by atoms with Gasteiger partial charge in [-0.3, -0.25) is 0 Å². The highest BCUT2D eigenvalue weighted by Crippen LogP contribution is 2.29. The molecule has 2 aromatic rings. The second-order valence-corrected chi connectivity index (χ2v) is 4.96. The number of nitrogens with zero attached hydrogens (tertiary/aromatic N) is 1. The normalized spacial score (nSPS) is 12.4. The van der Waals surface area contributed by atoms with Crippen LogP contribution < -0.4 is 5.73 Å². The Morgan fingerprint density at radius 1 is 1.22 bits per heavy atom. The standard InChI is InChI=1S/C13H12F2N2S/c1-8(16)9-4-5-17-13(6-9)18-12-7-10(14)2-3-11(12)15/h2-8H,16H2,1H3/t8-/m1/s1. The number of pyridine rings is 1. The quantitative estimate of drug-likeness (QED) is 0.923. The molecule has 1 aromatic heterocycles. The van der Waals surface area contributed by atoms with Crippen LogP contribution in [0.5, 0.6) is 0 Å². The molecule has 1 aromatic carbocycles. The third-order valence-corrected chi connectivity index (χ3v) is 3.36. The Hall–Kier alpha value is -1.46. The van der Waals surface area contributed by atoms with Crippen LogP contribution in [-0.4, -0.2) is 4.98 Å². The molecule has 0 spiro atoms. The lowest BCUT2D eigenvalue weighted by Gasteiger charge is -2.07. The third-order valence-electron chi connectivity index (χ3n) is 2.39. The first-order valence-corrected chi connectivity index (χ1v) is 6.22. The minimum atomic E-state index is -0.470. The van der Waals surface area contributed by atoms with E-state index in [2.05, 4.69) is 4.98 Å². The Bertz CT molecular complexity index is 558. The number of benzene rings is 1. The lowest BCUT2D eigenvalue weighted by atomic mass is 10.1. The first-order chi connectivity index (χ1) is 8.56. The highest BCUT2D eigenvalue weighted by atomic mass is 32.2. The van der Waals surface area contributed by atoms with Crippen molar-refractivity contribution in [2.24, 2.45) is 5.73 Å². The number of hydrogen-bond donors (Lipinski definition) is 1. The van der Waals surface area contributed by atoms with Crippen molar-refractivity contribution in [3.63, 3.8) is 0 Å². The van der Waals surface area contributed by atoms with E-state index in [1.165, 1.54) is 0 Å². The summed E-state index contributed by atoms with van der Waals surface area (Å²) in [5.74, 6) is -0.934. The van der Waals surface area contributed by atoms with Gasteiger partial charge in [0.25, 0.3) is 0 Å². The molecule has 2 rings (SSSR count). The molecule has 0 amide bonds. The van der Waals surface area contributed by atoms with Gasteiger partial charge in [0.05, 0.1) is 4.90 Å². The Morgan fingerprint density at radius 3 is 2.72 bits per heavy atom. The maximum absolute atomic E-state index is 13.5. The van der Waals surface area contributed by atoms with E-state index < -0.39 is 11.6 Å². The van der Waals surface area contributed by atoms with E-state index in [1.54, 1.807) is 18.3 Å². The average molecular weight is 266 g/mol. The zero-order valence-corrected chi connectivity index (χ0v) is 10.5. The van der Waals surface area contributed by atoms with Crippen LogP contribution in [0.2, 0.25) is 0 Å². The molecule has 0 aliphatic heterocycles. The lowest BCUT2D eigenvalue weighted by molar-refractivity contribution is 0.577. The molecular weight excluding hydrogens is 254 g/mol. The predicted molar refractivity (Wildman–Crippen MR) is 67.3 cm³/mol. The largest absolute Gasteiger partial charge is 0.324 e. The van der Waals surface area contributed by atoms with Gasteiger partial charge in [-0.05, 0) is 42.8 Å². The summed E-state index contributed by atoms with van der Waals surface area (Å²) < 4.78 is 26.5. The maximum atomic E-state index is 13.5. The predicted octanol–water partition coefficient (Wildman–Crippen LogP) is 3.53. The Labute approximate surface area is 108 Å². The highest BCUT2D eigenvalue weighted by Gasteiger charge is 2.08. The van der Waals surface area contributed by atoms with Gasteiger partial charge in [-0.2, -0.15) is 0 Å². The van der Waals surface area contributed by atoms with Crippen molar-refractivity contribution in [3.8, 4) is 0 Å². The average Bonchev–Trinajstić information content (AvgIpc) is 2.34. The zero-order chi connectivity index (χ0) is 13.1. The van der Waals surface area contributed by atoms with Gasteiger partial charge < -0.3 is 5.73 Å². The van der Waals surface area contributed by atoms with E-state index in [1.807, 2.05) is 6.92 Å². The molecule has 0 unspecified atom stereocenters. The van der Waals surface area contributed by atoms with Crippen molar-refractivity contribution in [2.45, 2.75) is 22.9 Å². The summed E-state index contributed by atoms with van der Waals surface area (Å²) >= 11 is 1.08. The molecule has 18 heavy (non-hydrogen) atoms. The first-order valence-electron chi connectivity index (χ1n) is 5.40. The van der Waals surface area contributed by atoms with E-state index in [-0.39, 0.29) is 10.9 Å². The van der Waals surface area contributed by atoms with Crippen LogP contribution in [0, 0.1) is 11.6 Å². The van der Waals surface area contributed by atoms with Crippen LogP contribution in [-0.2, 0) is 0 Å². The SMILES string of the molecule is C[C@@H](N)c1ccnc(Sc2cc(F)ccc2F)c1. The zero-order valence-electron chi connectivity index (χ0n) is 9.73. The summed E-state index contributed by atoms with van der Waals surface area (Å²) in [6.07, 6.45) is 1.61. The molecule has 5 heteroatoms. The van der Waals surface area contributed by atoms with Crippen molar-refractivity contribution in [2.75, 3.05) is 0 Å². The Kier molecular flexibility index (Phi) is 3.93. The van der Waals surface area contributed by atoms with Gasteiger partial charge in [0, 0.05) is 12.2 Å². The van der Waals surface area contributed by atoms with E-state index >= 15 is 0 Å². The number of aromatic nitrogens is 1. The van der Waals surface area contributed by atoms with E-state index in [9.17, 15) is 8.78 Å². The van der Waals surface area contributed by atoms with Crippen molar-refractivity contribution in [3.05, 3.63) is 53.7 Å². The van der Waals surface area contributed by atoms with Crippen LogP contribution in [0.15, 0.2) is 46.5 Å². The molecule has 1 atom stereocenters. The van der Waals surface area contributed by atoms with E-state index in [0.29, 0.717) is 5.03 Å². The highest BCUT2D eigenvalue weighted by molar-refractivity contribution is 7.99. The number of hydrogen-bond acceptors (Lipinski definition) is 3. The van der Waals surface area contributed by atoms with Crippen LogP contribution in [0.25, 0.3) is 0 Å². The third kappa shape index (κ3) is 3.05. The Balaban J connectivity index is 2.28. The van der Waals surface area contributed by atoms with Gasteiger partial charge in [0.1, 0.15) is 16.7 Å². The summed E-state index contributed by atoms with van der Waals surface area (Å²) in [4.78, 5) is 4.32. The van der Waals surface area contributed by atoms with Gasteiger partial charge in [0.15, 0.2) is 0 Å². The molecule has 0 radical (unpaired) electrons. The van der Waals surface area contributed by atoms with Crippen molar-refractivity contribution < 1.29 is 8.78 Å². The smallest absolute Gasteiger partial charge is 0.137 e. The molecule has 2 nitrogen and oxygen atoms in total. The van der Waals surface area contributed by atoms with E-state index in [4.69, 9.17) is 5.73 Å². The van der Waals surface area contributed by atoms with Crippen molar-refractivity contribution in [1.82, 2.24) is 4.98 Å². The summed E-state index contributed by atoms with van der Waals surface area (Å²) in [7, 11) is 0. The second kappa shape index (κ2) is 5.46. The van der Waals surface area contributed by atoms with Gasteiger partial charge >= 0.3 is 0 Å². The van der Waals surface area contributed by atoms with Gasteiger partial charge in [-0.15, -0.1) is 0 Å². The number of rotatable bonds is 3. The van der Waals surface area contributed by atoms with Crippen LogP contribution in [0.3, 0.4) is 0 Å². The molecule has 0 aliphatic carbocycles. The molecule has 0 fully saturated rings. The summed E-state index contributed by atoms with van der Waals surface area (Å²) in [6.45, 7) is 1.85. The lowest BCUT2D eigenvalue weighted by Crippen LogP contribution is -2.05. The van der Waals surface area contributed by atoms with E-state index in [0.717, 1.165) is 35.5 Å². The molecule has 94 valence electrons. The molecule has 2 N–H and O–H groups in total. The second-order valence-electron chi connectivity index (χ2n) is 3.89. The minimum Gasteiger partial charge on any atom is -0.324 e. The topological polar surface area (TPSA) is 38.9 Å². The van der Waals surface area contributed by atoms with Gasteiger partial charge in [-0.1, -0.05) is 11.8 Å². The van der Waals surface area contributed by atoms with Crippen LogP contribution in [0.1, 0.15) is 18.5 Å². The maximum Gasteiger partial charge on any atom is 0.137 e. The Morgan fingerprint density at radius 2 is 2.00 bits per heavy atom. The first kappa shape index (κ1) is 13.0. The number of halogens is 2. The summed E-state index contributed by atoms with van der Waals surface area (Å²) in [5.41, 5.74) is 6.67. The van der Waals surface area contributed by atoms with Gasteiger partial charge in [0.2, 0.25) is 0 Å². The number of nitrogens with two attached hydrogens (primary N) is 1. The fraction of sp³-hybridized carbons (Fsp3) is 0.154. The van der Waals surface area contributed by atoms with Crippen LogP contribution >= 0.6 is 11.8 Å². The fourth-order valence-corrected chi connectivity index (χ4v) is 2.30. The van der Waals surface area contributed by atoms with Crippen LogP contribution in [0.4, 0.5) is 8.78 Å². The fourth-order valence-electron chi connectivity index (χ4n) is 1.43. The molecule has 0 aliphatic rings. The molecule has 0 saturated heterocycles. The molecule has 1 heterocycles. The summed E-state index contributed by atoms with van der Waals surface area (Å²) in [6, 6.07) is 6.80. The summed E-state index contributed by atoms with van der Waals surface area (Å²) in [5, 5.41) is 0.592. The van der Waals surface area contributed by atoms with Gasteiger partial charge in [-0.25, -0.2) is 13.8 Å². The van der Waals surface area contributed by atoms with Crippen molar-refractivity contribution in [1.29, 1.82) is 0 Å².